The van der Waals surface area contributed by atoms with Gasteiger partial charge in [0.2, 0.25) is 5.91 Å². The van der Waals surface area contributed by atoms with Gasteiger partial charge in [-0.2, -0.15) is 0 Å². The van der Waals surface area contributed by atoms with Crippen molar-refractivity contribution in [3.8, 4) is 0 Å². The van der Waals surface area contributed by atoms with Crippen LogP contribution in [0.1, 0.15) is 112 Å². The summed E-state index contributed by atoms with van der Waals surface area (Å²) < 4.78 is 0. The van der Waals surface area contributed by atoms with Crippen molar-refractivity contribution in [2.45, 2.75) is 118 Å². The van der Waals surface area contributed by atoms with Crippen molar-refractivity contribution in [3.05, 3.63) is 12.7 Å². The Kier molecular flexibility index (Phi) is 7.43. The van der Waals surface area contributed by atoms with Gasteiger partial charge in [-0.3, -0.25) is 4.79 Å². The highest BCUT2D eigenvalue weighted by atomic mass is 16.2. The van der Waals surface area contributed by atoms with Gasteiger partial charge in [-0.1, -0.05) is 60.5 Å². The van der Waals surface area contributed by atoms with Crippen LogP contribution in [0.2, 0.25) is 0 Å². The van der Waals surface area contributed by atoms with Crippen LogP contribution in [-0.2, 0) is 4.79 Å². The molecule has 0 bridgehead atoms. The highest BCUT2D eigenvalue weighted by Gasteiger charge is 2.60. The molecular formula is C31H53NO. The maximum Gasteiger partial charge on any atom is 0.245 e. The van der Waals surface area contributed by atoms with E-state index >= 15 is 0 Å². The molecule has 4 aliphatic carbocycles. The first-order valence-corrected chi connectivity index (χ1v) is 14.5. The maximum absolute atomic E-state index is 12.2. The van der Waals surface area contributed by atoms with Crippen molar-refractivity contribution in [3.63, 3.8) is 0 Å². The lowest BCUT2D eigenvalue weighted by Crippen LogP contribution is -2.55. The molecule has 2 nitrogen and oxygen atoms in total. The molecule has 0 aliphatic heterocycles. The highest BCUT2D eigenvalue weighted by Crippen LogP contribution is 2.68. The largest absolute Gasteiger partial charge is 0.339 e. The van der Waals surface area contributed by atoms with E-state index in [2.05, 4.69) is 41.2 Å². The van der Waals surface area contributed by atoms with E-state index in [0.29, 0.717) is 16.9 Å². The van der Waals surface area contributed by atoms with Crippen LogP contribution in [0.4, 0.5) is 0 Å². The van der Waals surface area contributed by atoms with E-state index in [1.54, 1.807) is 0 Å². The topological polar surface area (TPSA) is 20.3 Å². The summed E-state index contributed by atoms with van der Waals surface area (Å²) in [5, 5.41) is 0. The number of fused-ring (bicyclic) bond motifs is 5. The molecule has 2 heteroatoms. The van der Waals surface area contributed by atoms with Crippen molar-refractivity contribution < 1.29 is 4.79 Å². The molecule has 33 heavy (non-hydrogen) atoms. The molecular weight excluding hydrogens is 402 g/mol. The van der Waals surface area contributed by atoms with E-state index in [4.69, 9.17) is 0 Å². The Morgan fingerprint density at radius 3 is 2.36 bits per heavy atom. The SMILES string of the molecule is C=CC(=O)N(C)[C@H]1CC[C@@]2(C)[C@@H](CC[C@@H]3[C@@H]2CC[C@]2(C)C([C@H](C)CCCC(C)C)CC[C@@H]32)C1. The maximum atomic E-state index is 12.2. The third kappa shape index (κ3) is 4.47. The van der Waals surface area contributed by atoms with E-state index in [9.17, 15) is 4.79 Å². The first-order valence-electron chi connectivity index (χ1n) is 14.5. The second-order valence-corrected chi connectivity index (χ2v) is 13.8. The summed E-state index contributed by atoms with van der Waals surface area (Å²) in [5.41, 5.74) is 1.09. The Bertz CT molecular complexity index is 714. The van der Waals surface area contributed by atoms with Crippen LogP contribution in [0, 0.1) is 52.3 Å². The van der Waals surface area contributed by atoms with Gasteiger partial charge >= 0.3 is 0 Å². The summed E-state index contributed by atoms with van der Waals surface area (Å²) in [6.45, 7) is 16.4. The fourth-order valence-electron chi connectivity index (χ4n) is 9.94. The zero-order valence-corrected chi connectivity index (χ0v) is 22.7. The number of hydrogen-bond donors (Lipinski definition) is 0. The molecule has 4 saturated carbocycles. The van der Waals surface area contributed by atoms with Gasteiger partial charge in [0, 0.05) is 13.1 Å². The van der Waals surface area contributed by atoms with Gasteiger partial charge < -0.3 is 4.90 Å². The molecule has 4 rings (SSSR count). The van der Waals surface area contributed by atoms with Crippen molar-refractivity contribution in [2.75, 3.05) is 7.05 Å². The predicted molar refractivity (Wildman–Crippen MR) is 140 cm³/mol. The van der Waals surface area contributed by atoms with E-state index in [0.717, 1.165) is 41.4 Å². The van der Waals surface area contributed by atoms with Gasteiger partial charge in [0.15, 0.2) is 0 Å². The first kappa shape index (κ1) is 25.3. The normalized spacial score (nSPS) is 43.4. The van der Waals surface area contributed by atoms with Crippen LogP contribution in [0.5, 0.6) is 0 Å². The van der Waals surface area contributed by atoms with Crippen molar-refractivity contribution in [1.29, 1.82) is 0 Å². The lowest BCUT2D eigenvalue weighted by molar-refractivity contribution is -0.137. The number of carbonyl (C=O) groups excluding carboxylic acids is 1. The molecule has 0 N–H and O–H groups in total. The van der Waals surface area contributed by atoms with E-state index in [1.165, 1.54) is 83.1 Å². The van der Waals surface area contributed by atoms with E-state index in [-0.39, 0.29) is 5.91 Å². The summed E-state index contributed by atoms with van der Waals surface area (Å²) in [4.78, 5) is 14.2. The molecule has 1 unspecified atom stereocenters. The summed E-state index contributed by atoms with van der Waals surface area (Å²) in [5.74, 6) is 6.45. The Morgan fingerprint density at radius 2 is 1.67 bits per heavy atom. The smallest absolute Gasteiger partial charge is 0.245 e. The molecule has 9 atom stereocenters. The molecule has 1 amide bonds. The summed E-state index contributed by atoms with van der Waals surface area (Å²) >= 11 is 0. The van der Waals surface area contributed by atoms with Crippen molar-refractivity contribution in [1.82, 2.24) is 4.90 Å². The molecule has 0 spiro atoms. The average molecular weight is 456 g/mol. The third-order valence-corrected chi connectivity index (χ3v) is 11.9. The summed E-state index contributed by atoms with van der Waals surface area (Å²) in [6.07, 6.45) is 18.2. The average Bonchev–Trinajstić information content (AvgIpc) is 3.14. The number of nitrogens with zero attached hydrogens (tertiary/aromatic N) is 1. The number of likely N-dealkylation sites (N-methyl/N-ethyl adjacent to an activating group) is 1. The minimum absolute atomic E-state index is 0.102. The molecule has 0 aromatic rings. The number of hydrogen-bond acceptors (Lipinski definition) is 1. The van der Waals surface area contributed by atoms with Gasteiger partial charge in [-0.15, -0.1) is 0 Å². The van der Waals surface area contributed by atoms with Gasteiger partial charge in [-0.25, -0.2) is 0 Å². The lowest BCUT2D eigenvalue weighted by Gasteiger charge is -2.61. The minimum atomic E-state index is 0.102. The van der Waals surface area contributed by atoms with Crippen LogP contribution in [0.15, 0.2) is 12.7 Å². The number of rotatable bonds is 7. The standard InChI is InChI=1S/C31H53NO/c1-8-29(33)32(7)24-16-18-30(5)23(20-24)12-13-25-27-15-14-26(22(4)11-9-10-21(2)3)31(27,6)19-17-28(25)30/h8,21-28H,1,9-20H2,2-7H3/t22-,23+,24+,25+,26?,27+,28+,30+,31-/m1/s1. The molecule has 0 radical (unpaired) electrons. The van der Waals surface area contributed by atoms with E-state index < -0.39 is 0 Å². The van der Waals surface area contributed by atoms with Crippen LogP contribution in [-0.4, -0.2) is 23.9 Å². The van der Waals surface area contributed by atoms with Gasteiger partial charge in [0.05, 0.1) is 0 Å². The second-order valence-electron chi connectivity index (χ2n) is 13.8. The second kappa shape index (κ2) is 9.69. The Hall–Kier alpha value is -0.790. The monoisotopic (exact) mass is 455 g/mol. The van der Waals surface area contributed by atoms with Gasteiger partial charge in [0.1, 0.15) is 0 Å². The lowest BCUT2D eigenvalue weighted by atomic mass is 9.44. The fourth-order valence-corrected chi connectivity index (χ4v) is 9.94. The Morgan fingerprint density at radius 1 is 0.970 bits per heavy atom. The fraction of sp³-hybridized carbons (Fsp3) is 0.903. The van der Waals surface area contributed by atoms with Crippen molar-refractivity contribution in [2.24, 2.45) is 52.3 Å². The summed E-state index contributed by atoms with van der Waals surface area (Å²) in [6, 6.07) is 0.418. The molecule has 0 aromatic heterocycles. The first-order chi connectivity index (χ1) is 15.6. The molecule has 0 heterocycles. The molecule has 0 saturated heterocycles. The minimum Gasteiger partial charge on any atom is -0.339 e. The summed E-state index contributed by atoms with van der Waals surface area (Å²) in [7, 11) is 2.00. The molecule has 4 fully saturated rings. The van der Waals surface area contributed by atoms with Crippen LogP contribution in [0.3, 0.4) is 0 Å². The van der Waals surface area contributed by atoms with Crippen molar-refractivity contribution >= 4 is 5.91 Å². The number of carbonyl (C=O) groups is 1. The Labute approximate surface area is 205 Å². The van der Waals surface area contributed by atoms with Crippen LogP contribution >= 0.6 is 0 Å². The number of amides is 1. The van der Waals surface area contributed by atoms with Crippen LogP contribution in [0.25, 0.3) is 0 Å². The quantitative estimate of drug-likeness (QED) is 0.355. The third-order valence-electron chi connectivity index (χ3n) is 11.9. The van der Waals surface area contributed by atoms with Crippen LogP contribution < -0.4 is 0 Å². The zero-order valence-electron chi connectivity index (χ0n) is 22.7. The molecule has 0 aromatic carbocycles. The van der Waals surface area contributed by atoms with E-state index in [1.807, 2.05) is 11.9 Å². The Balaban J connectivity index is 1.43. The molecule has 188 valence electrons. The predicted octanol–water partition coefficient (Wildman–Crippen LogP) is 8.12. The highest BCUT2D eigenvalue weighted by molar-refractivity contribution is 5.87. The molecule has 4 aliphatic rings. The zero-order chi connectivity index (χ0) is 24.0. The van der Waals surface area contributed by atoms with Gasteiger partial charge in [0.25, 0.3) is 0 Å². The van der Waals surface area contributed by atoms with Gasteiger partial charge in [-0.05, 0) is 116 Å².